The highest BCUT2D eigenvalue weighted by Crippen LogP contribution is 2.06. The van der Waals surface area contributed by atoms with Crippen LogP contribution in [0.4, 0.5) is 4.39 Å². The van der Waals surface area contributed by atoms with Crippen LogP contribution in [0.15, 0.2) is 36.9 Å². The van der Waals surface area contributed by atoms with Crippen molar-refractivity contribution < 1.29 is 19.1 Å². The fourth-order valence-electron chi connectivity index (χ4n) is 1.80. The molecule has 108 valence electrons. The molecule has 0 spiro atoms. The highest BCUT2D eigenvalue weighted by molar-refractivity contribution is 5.84. The average Bonchev–Trinajstić information content (AvgIpc) is 2.37. The van der Waals surface area contributed by atoms with Crippen LogP contribution in [-0.2, 0) is 16.0 Å². The number of carbonyl (C=O) groups is 2. The van der Waals surface area contributed by atoms with Gasteiger partial charge in [-0.3, -0.25) is 4.79 Å². The third kappa shape index (κ3) is 5.65. The van der Waals surface area contributed by atoms with Crippen LogP contribution in [0.25, 0.3) is 0 Å². The first-order chi connectivity index (χ1) is 9.52. The maximum Gasteiger partial charge on any atom is 0.326 e. The number of unbranched alkanes of at least 4 members (excludes halogenated alkanes) is 1. The van der Waals surface area contributed by atoms with Gasteiger partial charge < -0.3 is 10.4 Å². The Morgan fingerprint density at radius 3 is 2.80 bits per heavy atom. The molecule has 0 saturated heterocycles. The van der Waals surface area contributed by atoms with Crippen molar-refractivity contribution in [3.05, 3.63) is 48.3 Å². The summed E-state index contributed by atoms with van der Waals surface area (Å²) in [6.07, 6.45) is 3.34. The van der Waals surface area contributed by atoms with Crippen LogP contribution < -0.4 is 5.32 Å². The molecule has 5 heteroatoms. The summed E-state index contributed by atoms with van der Waals surface area (Å²) in [4.78, 5) is 22.8. The van der Waals surface area contributed by atoms with E-state index < -0.39 is 23.7 Å². The van der Waals surface area contributed by atoms with Crippen molar-refractivity contribution in [2.45, 2.75) is 31.7 Å². The minimum Gasteiger partial charge on any atom is -0.480 e. The van der Waals surface area contributed by atoms with Gasteiger partial charge in [0.2, 0.25) is 5.91 Å². The van der Waals surface area contributed by atoms with Gasteiger partial charge >= 0.3 is 5.97 Å². The summed E-state index contributed by atoms with van der Waals surface area (Å²) in [6.45, 7) is 3.56. The molecule has 1 aromatic carbocycles. The number of halogens is 1. The van der Waals surface area contributed by atoms with Crippen LogP contribution in [0.3, 0.4) is 0 Å². The highest BCUT2D eigenvalue weighted by Gasteiger charge is 2.19. The first-order valence-corrected chi connectivity index (χ1v) is 6.40. The normalized spacial score (nSPS) is 11.7. The molecule has 0 aliphatic rings. The standard InChI is InChI=1S/C15H18FNO3/c1-2-3-4-8-13(15(19)20)17-14(18)10-11-6-5-7-12(16)9-11/h2,5-7,9,13H,1,3-4,8,10H2,(H,17,18)(H,19,20)/t13-/m0/s1. The number of carbonyl (C=O) groups excluding carboxylic acids is 1. The van der Waals surface area contributed by atoms with Gasteiger partial charge in [0.25, 0.3) is 0 Å². The van der Waals surface area contributed by atoms with Crippen molar-refractivity contribution in [3.63, 3.8) is 0 Å². The second-order valence-electron chi connectivity index (χ2n) is 4.48. The predicted octanol–water partition coefficient (Wildman–Crippen LogP) is 2.29. The lowest BCUT2D eigenvalue weighted by Gasteiger charge is -2.14. The van der Waals surface area contributed by atoms with E-state index in [2.05, 4.69) is 11.9 Å². The zero-order valence-corrected chi connectivity index (χ0v) is 11.1. The fraction of sp³-hybridized carbons (Fsp3) is 0.333. The quantitative estimate of drug-likeness (QED) is 0.567. The van der Waals surface area contributed by atoms with Crippen LogP contribution in [-0.4, -0.2) is 23.0 Å². The number of allylic oxidation sites excluding steroid dienone is 1. The Morgan fingerprint density at radius 1 is 1.45 bits per heavy atom. The lowest BCUT2D eigenvalue weighted by Crippen LogP contribution is -2.41. The van der Waals surface area contributed by atoms with Crippen LogP contribution in [0, 0.1) is 5.82 Å². The van der Waals surface area contributed by atoms with Crippen LogP contribution in [0.5, 0.6) is 0 Å². The van der Waals surface area contributed by atoms with Gasteiger partial charge in [0.15, 0.2) is 0 Å². The molecule has 0 radical (unpaired) electrons. The van der Waals surface area contributed by atoms with Crippen LogP contribution in [0.2, 0.25) is 0 Å². The third-order valence-corrected chi connectivity index (χ3v) is 2.79. The number of aliphatic carboxylic acids is 1. The van der Waals surface area contributed by atoms with Crippen molar-refractivity contribution in [1.29, 1.82) is 0 Å². The monoisotopic (exact) mass is 279 g/mol. The molecule has 1 aromatic rings. The van der Waals surface area contributed by atoms with Gasteiger partial charge in [0.1, 0.15) is 11.9 Å². The highest BCUT2D eigenvalue weighted by atomic mass is 19.1. The maximum atomic E-state index is 13.0. The van der Waals surface area contributed by atoms with Crippen molar-refractivity contribution >= 4 is 11.9 Å². The Labute approximate surface area is 117 Å². The van der Waals surface area contributed by atoms with E-state index in [0.29, 0.717) is 24.8 Å². The lowest BCUT2D eigenvalue weighted by atomic mass is 10.1. The Balaban J connectivity index is 2.53. The summed E-state index contributed by atoms with van der Waals surface area (Å²) in [6, 6.07) is 4.76. The molecule has 0 aromatic heterocycles. The topological polar surface area (TPSA) is 66.4 Å². The number of hydrogen-bond acceptors (Lipinski definition) is 2. The Bertz CT molecular complexity index is 488. The minimum absolute atomic E-state index is 0.0387. The second kappa shape index (κ2) is 8.09. The van der Waals surface area contributed by atoms with Gasteiger partial charge in [-0.1, -0.05) is 18.2 Å². The minimum atomic E-state index is -1.07. The Morgan fingerprint density at radius 2 is 2.20 bits per heavy atom. The second-order valence-corrected chi connectivity index (χ2v) is 4.48. The van der Waals surface area contributed by atoms with Crippen molar-refractivity contribution in [2.75, 3.05) is 0 Å². The molecular weight excluding hydrogens is 261 g/mol. The zero-order valence-electron chi connectivity index (χ0n) is 11.1. The molecule has 1 atom stereocenters. The van der Waals surface area contributed by atoms with Crippen molar-refractivity contribution in [2.24, 2.45) is 0 Å². The molecule has 0 fully saturated rings. The molecule has 4 nitrogen and oxygen atoms in total. The van der Waals surface area contributed by atoms with E-state index in [4.69, 9.17) is 5.11 Å². The number of benzene rings is 1. The van der Waals surface area contributed by atoms with Gasteiger partial charge in [-0.2, -0.15) is 0 Å². The van der Waals surface area contributed by atoms with Crippen LogP contribution in [0.1, 0.15) is 24.8 Å². The van der Waals surface area contributed by atoms with Gasteiger partial charge in [-0.05, 0) is 37.0 Å². The summed E-state index contributed by atoms with van der Waals surface area (Å²) in [5.41, 5.74) is 0.512. The molecule has 0 saturated carbocycles. The van der Waals surface area contributed by atoms with Crippen molar-refractivity contribution in [1.82, 2.24) is 5.32 Å². The predicted molar refractivity (Wildman–Crippen MR) is 73.7 cm³/mol. The van der Waals surface area contributed by atoms with Crippen molar-refractivity contribution in [3.8, 4) is 0 Å². The molecule has 1 rings (SSSR count). The number of nitrogens with one attached hydrogen (secondary N) is 1. The molecular formula is C15H18FNO3. The van der Waals surface area contributed by atoms with Gasteiger partial charge in [0, 0.05) is 0 Å². The smallest absolute Gasteiger partial charge is 0.326 e. The zero-order chi connectivity index (χ0) is 15.0. The summed E-state index contributed by atoms with van der Waals surface area (Å²) in [5, 5.41) is 11.5. The molecule has 1 amide bonds. The number of hydrogen-bond donors (Lipinski definition) is 2. The largest absolute Gasteiger partial charge is 0.480 e. The molecule has 2 N–H and O–H groups in total. The number of amides is 1. The molecule has 0 unspecified atom stereocenters. The average molecular weight is 279 g/mol. The van der Waals surface area contributed by atoms with E-state index in [1.807, 2.05) is 0 Å². The first kappa shape index (κ1) is 15.9. The summed E-state index contributed by atoms with van der Waals surface area (Å²) in [7, 11) is 0. The summed E-state index contributed by atoms with van der Waals surface area (Å²) >= 11 is 0. The Hall–Kier alpha value is -2.17. The Kier molecular flexibility index (Phi) is 6.43. The van der Waals surface area contributed by atoms with Gasteiger partial charge in [-0.25, -0.2) is 9.18 Å². The molecule has 20 heavy (non-hydrogen) atoms. The molecule has 0 aliphatic heterocycles. The number of carboxylic acid groups (broad SMARTS) is 1. The molecule has 0 heterocycles. The third-order valence-electron chi connectivity index (χ3n) is 2.79. The SMILES string of the molecule is C=CCCC[C@H](NC(=O)Cc1cccc(F)c1)C(=O)O. The van der Waals surface area contributed by atoms with E-state index >= 15 is 0 Å². The van der Waals surface area contributed by atoms with E-state index in [9.17, 15) is 14.0 Å². The fourth-order valence-corrected chi connectivity index (χ4v) is 1.80. The molecule has 0 aliphatic carbocycles. The van der Waals surface area contributed by atoms with Gasteiger partial charge in [0.05, 0.1) is 6.42 Å². The van der Waals surface area contributed by atoms with E-state index in [1.54, 1.807) is 12.1 Å². The first-order valence-electron chi connectivity index (χ1n) is 6.40. The number of rotatable bonds is 8. The van der Waals surface area contributed by atoms with E-state index in [1.165, 1.54) is 18.2 Å². The van der Waals surface area contributed by atoms with E-state index in [0.717, 1.165) is 0 Å². The van der Waals surface area contributed by atoms with Crippen LogP contribution >= 0.6 is 0 Å². The summed E-state index contributed by atoms with van der Waals surface area (Å²) in [5.74, 6) is -1.92. The lowest BCUT2D eigenvalue weighted by molar-refractivity contribution is -0.141. The van der Waals surface area contributed by atoms with E-state index in [-0.39, 0.29) is 6.42 Å². The number of carboxylic acids is 1. The maximum absolute atomic E-state index is 13.0. The summed E-state index contributed by atoms with van der Waals surface area (Å²) < 4.78 is 13.0. The van der Waals surface area contributed by atoms with Gasteiger partial charge in [-0.15, -0.1) is 6.58 Å². The molecule has 0 bridgehead atoms.